The van der Waals surface area contributed by atoms with Crippen molar-refractivity contribution in [2.24, 2.45) is 0 Å². The molecule has 0 spiro atoms. The van der Waals surface area contributed by atoms with Crippen molar-refractivity contribution in [2.45, 2.75) is 19.9 Å². The van der Waals surface area contributed by atoms with E-state index < -0.39 is 0 Å². The highest BCUT2D eigenvalue weighted by Crippen LogP contribution is 2.32. The van der Waals surface area contributed by atoms with Gasteiger partial charge in [-0.15, -0.1) is 0 Å². The topological polar surface area (TPSA) is 49.9 Å². The van der Waals surface area contributed by atoms with Crippen LogP contribution in [-0.2, 0) is 11.3 Å². The van der Waals surface area contributed by atoms with E-state index in [1.54, 1.807) is 35.0 Å². The van der Waals surface area contributed by atoms with Gasteiger partial charge >= 0.3 is 0 Å². The largest absolute Gasteiger partial charge is 0.491 e. The summed E-state index contributed by atoms with van der Waals surface area (Å²) in [6, 6.07) is 15.2. The van der Waals surface area contributed by atoms with E-state index in [1.807, 2.05) is 37.3 Å². The Kier molecular flexibility index (Phi) is 5.03. The van der Waals surface area contributed by atoms with Crippen LogP contribution in [0.4, 0.5) is 5.69 Å². The van der Waals surface area contributed by atoms with Crippen LogP contribution in [0.3, 0.4) is 0 Å². The number of rotatable bonds is 4. The molecule has 5 heteroatoms. The third kappa shape index (κ3) is 3.65. The Morgan fingerprint density at radius 1 is 1.20 bits per heavy atom. The molecule has 0 unspecified atom stereocenters. The number of hydrogen-bond acceptors (Lipinski definition) is 3. The summed E-state index contributed by atoms with van der Waals surface area (Å²) in [5.74, 6) is 0.565. The third-order valence-electron chi connectivity index (χ3n) is 4.40. The van der Waals surface area contributed by atoms with Crippen molar-refractivity contribution in [3.63, 3.8) is 0 Å². The molecule has 3 rings (SSSR count). The fraction of sp³-hybridized carbons (Fsp3) is 0.300. The van der Waals surface area contributed by atoms with Crippen molar-refractivity contribution in [2.75, 3.05) is 25.1 Å². The summed E-state index contributed by atoms with van der Waals surface area (Å²) in [5, 5.41) is 0. The van der Waals surface area contributed by atoms with E-state index in [0.29, 0.717) is 43.1 Å². The summed E-state index contributed by atoms with van der Waals surface area (Å²) in [6.45, 7) is 3.48. The molecular formula is C20H22N2O3. The number of fused-ring (bicyclic) bond motifs is 1. The first-order valence-electron chi connectivity index (χ1n) is 8.46. The molecule has 1 heterocycles. The monoisotopic (exact) mass is 338 g/mol. The number of hydrogen-bond donors (Lipinski definition) is 0. The van der Waals surface area contributed by atoms with Gasteiger partial charge in [0.25, 0.3) is 5.91 Å². The molecular weight excluding hydrogens is 316 g/mol. The molecule has 5 nitrogen and oxygen atoms in total. The van der Waals surface area contributed by atoms with Crippen molar-refractivity contribution in [1.82, 2.24) is 4.90 Å². The SMILES string of the molecule is CCN(Cc1ccccc1)C(=O)c1ccc2c(c1)N(C)C(=O)CCO2. The maximum absolute atomic E-state index is 12.9. The molecule has 0 saturated heterocycles. The van der Waals surface area contributed by atoms with Crippen LogP contribution in [0.1, 0.15) is 29.3 Å². The second-order valence-corrected chi connectivity index (χ2v) is 6.04. The maximum Gasteiger partial charge on any atom is 0.254 e. The van der Waals surface area contributed by atoms with Gasteiger partial charge in [-0.2, -0.15) is 0 Å². The Hall–Kier alpha value is -2.82. The summed E-state index contributed by atoms with van der Waals surface area (Å²) >= 11 is 0. The summed E-state index contributed by atoms with van der Waals surface area (Å²) in [4.78, 5) is 28.3. The lowest BCUT2D eigenvalue weighted by Gasteiger charge is -2.23. The first kappa shape index (κ1) is 17.0. The molecule has 2 aromatic rings. The van der Waals surface area contributed by atoms with Crippen molar-refractivity contribution in [3.05, 3.63) is 59.7 Å². The van der Waals surface area contributed by atoms with Gasteiger partial charge < -0.3 is 14.5 Å². The lowest BCUT2D eigenvalue weighted by Crippen LogP contribution is -2.30. The van der Waals surface area contributed by atoms with Gasteiger partial charge in [0.2, 0.25) is 5.91 Å². The lowest BCUT2D eigenvalue weighted by atomic mass is 10.1. The first-order valence-corrected chi connectivity index (χ1v) is 8.46. The molecule has 1 aliphatic rings. The summed E-state index contributed by atoms with van der Waals surface area (Å²) < 4.78 is 5.62. The van der Waals surface area contributed by atoms with Crippen LogP contribution in [-0.4, -0.2) is 36.9 Å². The van der Waals surface area contributed by atoms with Gasteiger partial charge in [0.1, 0.15) is 5.75 Å². The Morgan fingerprint density at radius 3 is 2.68 bits per heavy atom. The zero-order valence-electron chi connectivity index (χ0n) is 14.6. The molecule has 0 aromatic heterocycles. The summed E-state index contributed by atoms with van der Waals surface area (Å²) in [5.41, 5.74) is 2.29. The van der Waals surface area contributed by atoms with Gasteiger partial charge in [-0.3, -0.25) is 9.59 Å². The van der Waals surface area contributed by atoms with Crippen LogP contribution >= 0.6 is 0 Å². The number of amides is 2. The first-order chi connectivity index (χ1) is 12.1. The predicted octanol–water partition coefficient (Wildman–Crippen LogP) is 3.09. The molecule has 1 aliphatic heterocycles. The normalized spacial score (nSPS) is 13.7. The van der Waals surface area contributed by atoms with Crippen LogP contribution in [0.15, 0.2) is 48.5 Å². The molecule has 25 heavy (non-hydrogen) atoms. The molecule has 0 bridgehead atoms. The van der Waals surface area contributed by atoms with Crippen molar-refractivity contribution < 1.29 is 14.3 Å². The quantitative estimate of drug-likeness (QED) is 0.861. The van der Waals surface area contributed by atoms with Gasteiger partial charge in [0.15, 0.2) is 0 Å². The van der Waals surface area contributed by atoms with E-state index in [0.717, 1.165) is 5.56 Å². The standard InChI is InChI=1S/C20H22N2O3/c1-3-22(14-15-7-5-4-6-8-15)20(24)16-9-10-18-17(13-16)21(2)19(23)11-12-25-18/h4-10,13H,3,11-12,14H2,1-2H3. The highest BCUT2D eigenvalue weighted by Gasteiger charge is 2.23. The Bertz CT molecular complexity index is 774. The van der Waals surface area contributed by atoms with E-state index in [1.165, 1.54) is 0 Å². The van der Waals surface area contributed by atoms with E-state index >= 15 is 0 Å². The van der Waals surface area contributed by atoms with E-state index in [-0.39, 0.29) is 11.8 Å². The minimum Gasteiger partial charge on any atom is -0.491 e. The molecule has 0 saturated carbocycles. The van der Waals surface area contributed by atoms with Crippen LogP contribution < -0.4 is 9.64 Å². The highest BCUT2D eigenvalue weighted by atomic mass is 16.5. The fourth-order valence-electron chi connectivity index (χ4n) is 2.90. The smallest absolute Gasteiger partial charge is 0.254 e. The Labute approximate surface area is 147 Å². The van der Waals surface area contributed by atoms with Crippen LogP contribution in [0.5, 0.6) is 5.75 Å². The van der Waals surface area contributed by atoms with E-state index in [4.69, 9.17) is 4.74 Å². The van der Waals surface area contributed by atoms with Gasteiger partial charge in [-0.05, 0) is 30.7 Å². The number of carbonyl (C=O) groups excluding carboxylic acids is 2. The van der Waals surface area contributed by atoms with Gasteiger partial charge in [0, 0.05) is 25.7 Å². The fourth-order valence-corrected chi connectivity index (χ4v) is 2.90. The van der Waals surface area contributed by atoms with Crippen LogP contribution in [0.2, 0.25) is 0 Å². The number of anilines is 1. The second-order valence-electron chi connectivity index (χ2n) is 6.04. The average molecular weight is 338 g/mol. The van der Waals surface area contributed by atoms with Crippen molar-refractivity contribution in [3.8, 4) is 5.75 Å². The van der Waals surface area contributed by atoms with Crippen molar-refractivity contribution in [1.29, 1.82) is 0 Å². The Balaban J connectivity index is 1.86. The lowest BCUT2D eigenvalue weighted by molar-refractivity contribution is -0.118. The van der Waals surface area contributed by atoms with Gasteiger partial charge in [0.05, 0.1) is 18.7 Å². The molecule has 0 N–H and O–H groups in total. The minimum atomic E-state index is -0.0563. The summed E-state index contributed by atoms with van der Waals surface area (Å²) in [7, 11) is 1.71. The summed E-state index contributed by atoms with van der Waals surface area (Å²) in [6.07, 6.45) is 0.337. The number of carbonyl (C=O) groups is 2. The zero-order valence-corrected chi connectivity index (χ0v) is 14.6. The predicted molar refractivity (Wildman–Crippen MR) is 96.8 cm³/mol. The van der Waals surface area contributed by atoms with E-state index in [9.17, 15) is 9.59 Å². The highest BCUT2D eigenvalue weighted by molar-refractivity contribution is 5.99. The number of benzene rings is 2. The maximum atomic E-state index is 12.9. The van der Waals surface area contributed by atoms with Gasteiger partial charge in [-0.25, -0.2) is 0 Å². The molecule has 0 fully saturated rings. The molecule has 2 aromatic carbocycles. The second kappa shape index (κ2) is 7.38. The Morgan fingerprint density at radius 2 is 1.96 bits per heavy atom. The molecule has 130 valence electrons. The average Bonchev–Trinajstić information content (AvgIpc) is 2.79. The van der Waals surface area contributed by atoms with Crippen LogP contribution in [0, 0.1) is 0 Å². The third-order valence-corrected chi connectivity index (χ3v) is 4.40. The number of nitrogens with zero attached hydrogens (tertiary/aromatic N) is 2. The molecule has 0 aliphatic carbocycles. The zero-order chi connectivity index (χ0) is 17.8. The molecule has 0 atom stereocenters. The number of ether oxygens (including phenoxy) is 1. The molecule has 0 radical (unpaired) electrons. The minimum absolute atomic E-state index is 0.0139. The van der Waals surface area contributed by atoms with Crippen molar-refractivity contribution >= 4 is 17.5 Å². The van der Waals surface area contributed by atoms with Gasteiger partial charge in [-0.1, -0.05) is 30.3 Å². The molecule has 2 amide bonds. The van der Waals surface area contributed by atoms with E-state index in [2.05, 4.69) is 0 Å². The van der Waals surface area contributed by atoms with Crippen LogP contribution in [0.25, 0.3) is 0 Å².